The molecule has 2 heteroatoms. The minimum absolute atomic E-state index is 0.484. The van der Waals surface area contributed by atoms with Crippen LogP contribution >= 0.6 is 0 Å². The fourth-order valence-corrected chi connectivity index (χ4v) is 3.84. The maximum atomic E-state index is 4.38. The van der Waals surface area contributed by atoms with E-state index < -0.39 is 0 Å². The second kappa shape index (κ2) is 14.5. The zero-order valence-electron chi connectivity index (χ0n) is 20.6. The van der Waals surface area contributed by atoms with Gasteiger partial charge in [0, 0.05) is 30.2 Å². The van der Waals surface area contributed by atoms with Crippen LogP contribution in [0.4, 0.5) is 5.69 Å². The molecule has 2 unspecified atom stereocenters. The number of hydrogen-bond acceptors (Lipinski definition) is 2. The number of rotatable bonds is 15. The van der Waals surface area contributed by atoms with Crippen LogP contribution in [-0.2, 0) is 0 Å². The first-order valence-corrected chi connectivity index (χ1v) is 11.8. The third kappa shape index (κ3) is 9.04. The van der Waals surface area contributed by atoms with E-state index in [-0.39, 0.29) is 0 Å². The molecule has 0 saturated carbocycles. The average Bonchev–Trinajstić information content (AvgIpc) is 2.79. The van der Waals surface area contributed by atoms with Crippen LogP contribution in [-0.4, -0.2) is 18.0 Å². The Morgan fingerprint density at radius 3 is 2.35 bits per heavy atom. The Kier molecular flexibility index (Phi) is 12.4. The summed E-state index contributed by atoms with van der Waals surface area (Å²) in [6, 6.07) is 9.02. The molecule has 0 radical (unpaired) electrons. The van der Waals surface area contributed by atoms with Crippen LogP contribution in [0.15, 0.2) is 79.6 Å². The molecule has 2 atom stereocenters. The predicted molar refractivity (Wildman–Crippen MR) is 141 cm³/mol. The molecule has 1 aromatic carbocycles. The van der Waals surface area contributed by atoms with Crippen molar-refractivity contribution in [3.8, 4) is 0 Å². The third-order valence-electron chi connectivity index (χ3n) is 6.24. The molecular weight excluding hydrogens is 376 g/mol. The summed E-state index contributed by atoms with van der Waals surface area (Å²) in [5, 5.41) is 3.44. The SMILES string of the molecule is C=C/C=C\C(=C/C)CCC(=C)Nc1ccc(C(=C)N(C)C(C)C(CC)CCCC)cc1. The molecule has 1 rings (SSSR count). The molecule has 170 valence electrons. The largest absolute Gasteiger partial charge is 0.372 e. The Labute approximate surface area is 192 Å². The van der Waals surface area contributed by atoms with Gasteiger partial charge in [-0.3, -0.25) is 0 Å². The number of anilines is 1. The molecule has 0 aromatic heterocycles. The first-order chi connectivity index (χ1) is 14.9. The van der Waals surface area contributed by atoms with Gasteiger partial charge in [0.15, 0.2) is 0 Å². The molecule has 2 nitrogen and oxygen atoms in total. The highest BCUT2D eigenvalue weighted by Gasteiger charge is 2.20. The standard InChI is InChI=1S/C29H44N2/c1-9-13-15-26(11-3)18-17-23(5)30-29-21-19-28(20-22-29)25(7)31(8)24(6)27(12-4)16-14-10-2/h9,11,13,15,19-22,24,27,30H,1,5,7,10,12,14,16-18H2,2-4,6,8H3/b15-13-,26-11+. The van der Waals surface area contributed by atoms with E-state index in [0.717, 1.165) is 29.9 Å². The van der Waals surface area contributed by atoms with Crippen LogP contribution in [0, 0.1) is 5.92 Å². The van der Waals surface area contributed by atoms with Crippen LogP contribution in [0.1, 0.15) is 71.8 Å². The van der Waals surface area contributed by atoms with Crippen molar-refractivity contribution in [3.05, 3.63) is 85.1 Å². The number of nitrogens with one attached hydrogen (secondary N) is 1. The minimum atomic E-state index is 0.484. The number of nitrogens with zero attached hydrogens (tertiary/aromatic N) is 1. The normalized spacial score (nSPS) is 13.6. The molecule has 0 aliphatic heterocycles. The van der Waals surface area contributed by atoms with Crippen molar-refractivity contribution in [2.24, 2.45) is 5.92 Å². The highest BCUT2D eigenvalue weighted by atomic mass is 15.1. The maximum absolute atomic E-state index is 4.38. The monoisotopic (exact) mass is 420 g/mol. The van der Waals surface area contributed by atoms with E-state index in [1.54, 1.807) is 6.08 Å². The lowest BCUT2D eigenvalue weighted by Gasteiger charge is -2.34. The first-order valence-electron chi connectivity index (χ1n) is 11.8. The first kappa shape index (κ1) is 26.6. The van der Waals surface area contributed by atoms with Crippen molar-refractivity contribution in [1.29, 1.82) is 0 Å². The van der Waals surface area contributed by atoms with Gasteiger partial charge in [0.1, 0.15) is 0 Å². The van der Waals surface area contributed by atoms with E-state index in [9.17, 15) is 0 Å². The molecule has 31 heavy (non-hydrogen) atoms. The Balaban J connectivity index is 2.67. The van der Waals surface area contributed by atoms with Gasteiger partial charge >= 0.3 is 0 Å². The summed E-state index contributed by atoms with van der Waals surface area (Å²) in [7, 11) is 2.18. The topological polar surface area (TPSA) is 15.3 Å². The van der Waals surface area contributed by atoms with Crippen molar-refractivity contribution in [2.45, 2.75) is 72.3 Å². The quantitative estimate of drug-likeness (QED) is 0.286. The van der Waals surface area contributed by atoms with Crippen LogP contribution < -0.4 is 5.32 Å². The van der Waals surface area contributed by atoms with Gasteiger partial charge in [-0.25, -0.2) is 0 Å². The summed E-state index contributed by atoms with van der Waals surface area (Å²) >= 11 is 0. The average molecular weight is 421 g/mol. The van der Waals surface area contributed by atoms with Gasteiger partial charge in [-0.15, -0.1) is 0 Å². The van der Waals surface area contributed by atoms with Crippen LogP contribution in [0.2, 0.25) is 0 Å². The van der Waals surface area contributed by atoms with Crippen LogP contribution in [0.25, 0.3) is 5.70 Å². The second-order valence-corrected chi connectivity index (χ2v) is 8.37. The molecule has 0 amide bonds. The second-order valence-electron chi connectivity index (χ2n) is 8.37. The smallest absolute Gasteiger partial charge is 0.0382 e. The zero-order chi connectivity index (χ0) is 23.2. The van der Waals surface area contributed by atoms with E-state index in [1.165, 1.54) is 36.8 Å². The minimum Gasteiger partial charge on any atom is -0.372 e. The van der Waals surface area contributed by atoms with E-state index in [0.29, 0.717) is 12.0 Å². The number of benzene rings is 1. The summed E-state index contributed by atoms with van der Waals surface area (Å²) in [6.45, 7) is 21.3. The van der Waals surface area contributed by atoms with E-state index in [4.69, 9.17) is 0 Å². The van der Waals surface area contributed by atoms with E-state index in [2.05, 4.69) is 101 Å². The molecule has 0 heterocycles. The molecule has 0 fully saturated rings. The van der Waals surface area contributed by atoms with Crippen LogP contribution in [0.5, 0.6) is 0 Å². The van der Waals surface area contributed by atoms with Gasteiger partial charge in [-0.05, 0) is 56.7 Å². The summed E-state index contributed by atoms with van der Waals surface area (Å²) in [5.74, 6) is 0.703. The van der Waals surface area contributed by atoms with Crippen molar-refractivity contribution < 1.29 is 0 Å². The van der Waals surface area contributed by atoms with Gasteiger partial charge in [-0.1, -0.05) is 94.9 Å². The van der Waals surface area contributed by atoms with E-state index in [1.807, 2.05) is 6.08 Å². The number of allylic oxidation sites excluding steroid dienone is 6. The predicted octanol–water partition coefficient (Wildman–Crippen LogP) is 8.59. The summed E-state index contributed by atoms with van der Waals surface area (Å²) in [4.78, 5) is 2.35. The van der Waals surface area contributed by atoms with Gasteiger partial charge in [0.05, 0.1) is 0 Å². The third-order valence-corrected chi connectivity index (χ3v) is 6.24. The fraction of sp³-hybridized carbons (Fsp3) is 0.448. The molecule has 0 aliphatic carbocycles. The van der Waals surface area contributed by atoms with Crippen molar-refractivity contribution in [3.63, 3.8) is 0 Å². The van der Waals surface area contributed by atoms with Gasteiger partial charge < -0.3 is 10.2 Å². The molecule has 0 aliphatic rings. The van der Waals surface area contributed by atoms with Gasteiger partial charge in [0.25, 0.3) is 0 Å². The highest BCUT2D eigenvalue weighted by Crippen LogP contribution is 2.27. The lowest BCUT2D eigenvalue weighted by molar-refractivity contribution is 0.243. The lowest BCUT2D eigenvalue weighted by Crippen LogP contribution is -2.34. The lowest BCUT2D eigenvalue weighted by atomic mass is 9.91. The fourth-order valence-electron chi connectivity index (χ4n) is 3.84. The molecule has 1 N–H and O–H groups in total. The Morgan fingerprint density at radius 2 is 1.81 bits per heavy atom. The van der Waals surface area contributed by atoms with Crippen molar-refractivity contribution >= 4 is 11.4 Å². The molecule has 0 spiro atoms. The molecule has 0 saturated heterocycles. The molecule has 0 bridgehead atoms. The Morgan fingerprint density at radius 1 is 1.13 bits per heavy atom. The summed E-state index contributed by atoms with van der Waals surface area (Å²) in [5.41, 5.74) is 5.62. The van der Waals surface area contributed by atoms with Crippen LogP contribution in [0.3, 0.4) is 0 Å². The number of unbranched alkanes of at least 4 members (excludes halogenated alkanes) is 1. The number of hydrogen-bond donors (Lipinski definition) is 1. The maximum Gasteiger partial charge on any atom is 0.0382 e. The van der Waals surface area contributed by atoms with E-state index >= 15 is 0 Å². The summed E-state index contributed by atoms with van der Waals surface area (Å²) < 4.78 is 0. The van der Waals surface area contributed by atoms with Crippen molar-refractivity contribution in [1.82, 2.24) is 4.90 Å². The van der Waals surface area contributed by atoms with Gasteiger partial charge in [-0.2, -0.15) is 0 Å². The Bertz CT molecular complexity index is 751. The van der Waals surface area contributed by atoms with Crippen molar-refractivity contribution in [2.75, 3.05) is 12.4 Å². The highest BCUT2D eigenvalue weighted by molar-refractivity contribution is 5.64. The molecular formula is C29H44N2. The zero-order valence-corrected chi connectivity index (χ0v) is 20.6. The Hall–Kier alpha value is -2.48. The van der Waals surface area contributed by atoms with Gasteiger partial charge in [0.2, 0.25) is 0 Å². The molecule has 1 aromatic rings. The summed E-state index contributed by atoms with van der Waals surface area (Å²) in [6.07, 6.45) is 14.9.